The zero-order valence-corrected chi connectivity index (χ0v) is 10.2. The average molecular weight is 222 g/mol. The van der Waals surface area contributed by atoms with E-state index < -0.39 is 13.8 Å². The van der Waals surface area contributed by atoms with Gasteiger partial charge in [-0.25, -0.2) is 4.57 Å². The van der Waals surface area contributed by atoms with Crippen molar-refractivity contribution in [3.8, 4) is 0 Å². The Hall–Kier alpha value is 0.580. The van der Waals surface area contributed by atoms with Gasteiger partial charge in [0.2, 0.25) is 0 Å². The van der Waals surface area contributed by atoms with Crippen molar-refractivity contribution < 1.29 is 59.8 Å². The van der Waals surface area contributed by atoms with Crippen LogP contribution in [0.2, 0.25) is 0 Å². The third kappa shape index (κ3) is 15.3. The fourth-order valence-electron chi connectivity index (χ4n) is 0.562. The molecule has 3 N–H and O–H groups in total. The van der Waals surface area contributed by atoms with E-state index in [0.29, 0.717) is 12.8 Å². The minimum absolute atomic E-state index is 0. The zero-order valence-electron chi connectivity index (χ0n) is 8.34. The fourth-order valence-corrected chi connectivity index (χ4v) is 0.929. The molecule has 0 aliphatic heterocycles. The molecule has 0 amide bonds. The van der Waals surface area contributed by atoms with Crippen molar-refractivity contribution in [3.63, 3.8) is 0 Å². The topological polar surface area (TPSA) is 104 Å². The average Bonchev–Trinajstić information content (AvgIpc) is 1.83. The smallest absolute Gasteiger partial charge is 1.00 e. The number of carboxylic acid groups (broad SMARTS) is 1. The SMILES string of the molecule is O=C(O)CCCCOP(=O)(O)O.[H-].[Na+]. The third-order valence-electron chi connectivity index (χ3n) is 1.04. The summed E-state index contributed by atoms with van der Waals surface area (Å²) in [6, 6.07) is 0. The van der Waals surface area contributed by atoms with Crippen molar-refractivity contribution in [3.05, 3.63) is 0 Å². The van der Waals surface area contributed by atoms with Gasteiger partial charge in [-0.2, -0.15) is 0 Å². The predicted molar refractivity (Wildman–Crippen MR) is 40.6 cm³/mol. The molecule has 0 saturated heterocycles. The molecular formula is C5H12NaO6P. The molecule has 13 heavy (non-hydrogen) atoms. The van der Waals surface area contributed by atoms with Crippen LogP contribution in [0.5, 0.6) is 0 Å². The Bertz CT molecular complexity index is 195. The number of aliphatic carboxylic acids is 1. The summed E-state index contributed by atoms with van der Waals surface area (Å²) in [7, 11) is -4.38. The first-order chi connectivity index (χ1) is 5.42. The zero-order chi connectivity index (χ0) is 9.61. The number of carboxylic acids is 1. The molecule has 0 unspecified atom stereocenters. The number of carbonyl (C=O) groups is 1. The van der Waals surface area contributed by atoms with Gasteiger partial charge in [-0.05, 0) is 12.8 Å². The Kier molecular flexibility index (Phi) is 9.78. The number of hydrogen-bond acceptors (Lipinski definition) is 3. The van der Waals surface area contributed by atoms with Crippen molar-refractivity contribution >= 4 is 13.8 Å². The van der Waals surface area contributed by atoms with Gasteiger partial charge in [-0.3, -0.25) is 9.32 Å². The summed E-state index contributed by atoms with van der Waals surface area (Å²) in [4.78, 5) is 26.4. The van der Waals surface area contributed by atoms with Crippen molar-refractivity contribution in [1.82, 2.24) is 0 Å². The fraction of sp³-hybridized carbons (Fsp3) is 0.800. The summed E-state index contributed by atoms with van der Waals surface area (Å²) in [6.45, 7) is -0.114. The number of rotatable bonds is 6. The van der Waals surface area contributed by atoms with Crippen molar-refractivity contribution in [2.75, 3.05) is 6.61 Å². The van der Waals surface area contributed by atoms with E-state index >= 15 is 0 Å². The Morgan fingerprint density at radius 1 is 1.38 bits per heavy atom. The van der Waals surface area contributed by atoms with E-state index in [-0.39, 0.29) is 44.0 Å². The van der Waals surface area contributed by atoms with Gasteiger partial charge in [0.15, 0.2) is 0 Å². The van der Waals surface area contributed by atoms with E-state index in [2.05, 4.69) is 4.52 Å². The number of phosphoric ester groups is 1. The third-order valence-corrected chi connectivity index (χ3v) is 1.56. The summed E-state index contributed by atoms with van der Waals surface area (Å²) in [5, 5.41) is 8.18. The Morgan fingerprint density at radius 3 is 2.31 bits per heavy atom. The van der Waals surface area contributed by atoms with Crippen LogP contribution in [0, 0.1) is 0 Å². The maximum atomic E-state index is 10.1. The standard InChI is InChI=1S/C5H11O6P.Na.H/c6-5(7)3-1-2-4-11-12(8,9)10;;/h1-4H2,(H,6,7)(H2,8,9,10);;/q;+1;-1. The van der Waals surface area contributed by atoms with Gasteiger partial charge in [0.05, 0.1) is 6.61 Å². The van der Waals surface area contributed by atoms with Crippen LogP contribution < -0.4 is 29.6 Å². The van der Waals surface area contributed by atoms with E-state index in [4.69, 9.17) is 14.9 Å². The Labute approximate surface area is 99.3 Å². The van der Waals surface area contributed by atoms with E-state index in [9.17, 15) is 9.36 Å². The summed E-state index contributed by atoms with van der Waals surface area (Å²) in [5.41, 5.74) is 0. The predicted octanol–water partition coefficient (Wildman–Crippen LogP) is -2.53. The van der Waals surface area contributed by atoms with Gasteiger partial charge >= 0.3 is 43.3 Å². The van der Waals surface area contributed by atoms with Crippen LogP contribution in [0.15, 0.2) is 0 Å². The van der Waals surface area contributed by atoms with Crippen LogP contribution >= 0.6 is 7.82 Å². The van der Waals surface area contributed by atoms with Gasteiger partial charge in [0.1, 0.15) is 0 Å². The molecular weight excluding hydrogens is 210 g/mol. The minimum atomic E-state index is -4.38. The van der Waals surface area contributed by atoms with E-state index in [1.807, 2.05) is 0 Å². The molecule has 0 bridgehead atoms. The summed E-state index contributed by atoms with van der Waals surface area (Å²) in [5.74, 6) is -0.925. The van der Waals surface area contributed by atoms with E-state index in [1.165, 1.54) is 0 Å². The molecule has 0 fully saturated rings. The van der Waals surface area contributed by atoms with Gasteiger partial charge < -0.3 is 16.3 Å². The summed E-state index contributed by atoms with van der Waals surface area (Å²) < 4.78 is 14.2. The summed E-state index contributed by atoms with van der Waals surface area (Å²) >= 11 is 0. The quantitative estimate of drug-likeness (QED) is 0.260. The summed E-state index contributed by atoms with van der Waals surface area (Å²) in [6.07, 6.45) is 0.678. The van der Waals surface area contributed by atoms with E-state index in [1.54, 1.807) is 0 Å². The van der Waals surface area contributed by atoms with Crippen LogP contribution in [0.4, 0.5) is 0 Å². The molecule has 0 radical (unpaired) electrons. The Balaban J connectivity index is -0.000000605. The second kappa shape index (κ2) is 7.94. The molecule has 0 aromatic carbocycles. The van der Waals surface area contributed by atoms with Crippen LogP contribution in [-0.4, -0.2) is 27.5 Å². The molecule has 8 heteroatoms. The first-order valence-electron chi connectivity index (χ1n) is 3.34. The molecule has 0 rings (SSSR count). The van der Waals surface area contributed by atoms with Crippen molar-refractivity contribution in [2.45, 2.75) is 19.3 Å². The van der Waals surface area contributed by atoms with Gasteiger partial charge in [0, 0.05) is 6.42 Å². The van der Waals surface area contributed by atoms with Crippen LogP contribution in [0.3, 0.4) is 0 Å². The molecule has 0 aliphatic carbocycles. The second-order valence-corrected chi connectivity index (χ2v) is 3.41. The number of unbranched alkanes of at least 4 members (excludes halogenated alkanes) is 1. The largest absolute Gasteiger partial charge is 1.00 e. The molecule has 0 saturated carbocycles. The Morgan fingerprint density at radius 2 is 1.92 bits per heavy atom. The molecule has 0 aromatic heterocycles. The minimum Gasteiger partial charge on any atom is -1.00 e. The molecule has 74 valence electrons. The molecule has 0 aromatic rings. The van der Waals surface area contributed by atoms with Gasteiger partial charge in [-0.1, -0.05) is 0 Å². The normalized spacial score (nSPS) is 10.6. The maximum absolute atomic E-state index is 10.1. The van der Waals surface area contributed by atoms with Crippen molar-refractivity contribution in [2.24, 2.45) is 0 Å². The van der Waals surface area contributed by atoms with E-state index in [0.717, 1.165) is 0 Å². The molecule has 0 heterocycles. The van der Waals surface area contributed by atoms with Crippen molar-refractivity contribution in [1.29, 1.82) is 0 Å². The second-order valence-electron chi connectivity index (χ2n) is 2.17. The van der Waals surface area contributed by atoms with Gasteiger partial charge in [-0.15, -0.1) is 0 Å². The molecule has 0 spiro atoms. The number of hydrogen-bond donors (Lipinski definition) is 3. The van der Waals surface area contributed by atoms with Gasteiger partial charge in [0.25, 0.3) is 0 Å². The first-order valence-corrected chi connectivity index (χ1v) is 4.87. The van der Waals surface area contributed by atoms with Crippen LogP contribution in [0.25, 0.3) is 0 Å². The first kappa shape index (κ1) is 16.0. The molecule has 0 atom stereocenters. The van der Waals surface area contributed by atoms with Crippen LogP contribution in [-0.2, 0) is 13.9 Å². The monoisotopic (exact) mass is 222 g/mol. The maximum Gasteiger partial charge on any atom is 1.00 e. The van der Waals surface area contributed by atoms with Crippen LogP contribution in [0.1, 0.15) is 20.7 Å². The number of phosphoric acid groups is 1. The molecule has 6 nitrogen and oxygen atoms in total. The molecule has 0 aliphatic rings.